The average Bonchev–Trinajstić information content (AvgIpc) is 2.61. The lowest BCUT2D eigenvalue weighted by atomic mass is 10.2. The summed E-state index contributed by atoms with van der Waals surface area (Å²) in [7, 11) is 0. The molecular weight excluding hydrogens is 180 g/mol. The Morgan fingerprint density at radius 3 is 2.93 bits per heavy atom. The highest BCUT2D eigenvalue weighted by Crippen LogP contribution is 2.24. The van der Waals surface area contributed by atoms with E-state index in [1.165, 1.54) is 6.47 Å². The molecule has 14 heavy (non-hydrogen) atoms. The van der Waals surface area contributed by atoms with Crippen LogP contribution in [0, 0.1) is 0 Å². The number of fused-ring (bicyclic) bond motifs is 1. The van der Waals surface area contributed by atoms with Crippen LogP contribution in [0.1, 0.15) is 18.8 Å². The van der Waals surface area contributed by atoms with Gasteiger partial charge < -0.3 is 9.15 Å². The van der Waals surface area contributed by atoms with E-state index < -0.39 is 0 Å². The molecule has 1 aromatic carbocycles. The van der Waals surface area contributed by atoms with E-state index in [0.29, 0.717) is 5.76 Å². The van der Waals surface area contributed by atoms with Gasteiger partial charge >= 0.3 is 6.47 Å². The molecule has 0 amide bonds. The molecule has 3 heteroatoms. The molecule has 3 nitrogen and oxygen atoms in total. The molecule has 0 N–H and O–H groups in total. The van der Waals surface area contributed by atoms with Crippen molar-refractivity contribution in [1.29, 1.82) is 0 Å². The largest absolute Gasteiger partial charge is 0.457 e. The van der Waals surface area contributed by atoms with Gasteiger partial charge in [-0.2, -0.15) is 0 Å². The summed E-state index contributed by atoms with van der Waals surface area (Å²) in [6.45, 7) is 3.14. The lowest BCUT2D eigenvalue weighted by Crippen LogP contribution is -1.95. The van der Waals surface area contributed by atoms with E-state index in [2.05, 4.69) is 4.74 Å². The van der Waals surface area contributed by atoms with Crippen molar-refractivity contribution < 1.29 is 13.9 Å². The average molecular weight is 189 g/mol. The Balaban J connectivity index is 2.39. The Kier molecular flexibility index (Phi) is 2.23. The highest BCUT2D eigenvalue weighted by molar-refractivity contribution is 5.77. The highest BCUT2D eigenvalue weighted by atomic mass is 16.5. The number of ether oxygens (including phenoxy) is 1. The molecule has 0 saturated carbocycles. The monoisotopic (exact) mass is 189 g/mol. The second kappa shape index (κ2) is 3.54. The lowest BCUT2D eigenvalue weighted by molar-refractivity contribution is 0.173. The zero-order valence-electron chi connectivity index (χ0n) is 7.69. The molecule has 0 aliphatic carbocycles. The van der Waals surface area contributed by atoms with Crippen molar-refractivity contribution in [3.63, 3.8) is 0 Å². The van der Waals surface area contributed by atoms with Crippen LogP contribution in [-0.2, 0) is 9.53 Å². The third-order valence-corrected chi connectivity index (χ3v) is 2.07. The summed E-state index contributed by atoms with van der Waals surface area (Å²) in [5.41, 5.74) is 0.795. The maximum atomic E-state index is 10.0. The molecular formula is C11H9O3. The summed E-state index contributed by atoms with van der Waals surface area (Å²) >= 11 is 0. The number of para-hydroxylation sites is 1. The van der Waals surface area contributed by atoms with Gasteiger partial charge in [-0.05, 0) is 19.1 Å². The smallest absolute Gasteiger partial charge is 0.418 e. The summed E-state index contributed by atoms with van der Waals surface area (Å²) in [6.07, 6.45) is -0.389. The van der Waals surface area contributed by atoms with Crippen molar-refractivity contribution in [3.8, 4) is 0 Å². The minimum atomic E-state index is -0.389. The zero-order valence-corrected chi connectivity index (χ0v) is 7.69. The first-order valence-corrected chi connectivity index (χ1v) is 4.32. The first-order valence-electron chi connectivity index (χ1n) is 4.32. The lowest BCUT2D eigenvalue weighted by Gasteiger charge is -2.02. The number of hydrogen-bond donors (Lipinski definition) is 0. The Hall–Kier alpha value is -1.77. The van der Waals surface area contributed by atoms with Crippen LogP contribution < -0.4 is 0 Å². The fraction of sp³-hybridized carbons (Fsp3) is 0.182. The third-order valence-electron chi connectivity index (χ3n) is 2.07. The van der Waals surface area contributed by atoms with Crippen LogP contribution in [0.2, 0.25) is 0 Å². The van der Waals surface area contributed by atoms with Crippen molar-refractivity contribution in [2.75, 3.05) is 0 Å². The predicted molar refractivity (Wildman–Crippen MR) is 51.4 cm³/mol. The van der Waals surface area contributed by atoms with Crippen molar-refractivity contribution in [2.24, 2.45) is 0 Å². The van der Waals surface area contributed by atoms with Gasteiger partial charge in [-0.3, -0.25) is 0 Å². The van der Waals surface area contributed by atoms with E-state index >= 15 is 0 Å². The normalized spacial score (nSPS) is 12.6. The zero-order chi connectivity index (χ0) is 9.97. The Morgan fingerprint density at radius 1 is 1.43 bits per heavy atom. The Labute approximate surface area is 81.3 Å². The second-order valence-electron chi connectivity index (χ2n) is 3.03. The molecule has 71 valence electrons. The predicted octanol–water partition coefficient (Wildman–Crippen LogP) is 2.58. The molecule has 0 aliphatic rings. The number of carbonyl (C=O) groups excluding carboxylic acids is 1. The van der Waals surface area contributed by atoms with Gasteiger partial charge in [0.2, 0.25) is 0 Å². The standard InChI is InChI=1S/C11H9O3/c1-8(13-7-12)11-6-9-4-2-3-5-10(9)14-11/h2-6,8H,1H3. The number of furan rings is 1. The molecule has 0 fully saturated rings. The second-order valence-corrected chi connectivity index (χ2v) is 3.03. The maximum Gasteiger partial charge on any atom is 0.418 e. The minimum absolute atomic E-state index is 0.389. The quantitative estimate of drug-likeness (QED) is 0.744. The van der Waals surface area contributed by atoms with Gasteiger partial charge in [0, 0.05) is 5.39 Å². The van der Waals surface area contributed by atoms with Crippen molar-refractivity contribution >= 4 is 17.4 Å². The van der Waals surface area contributed by atoms with Gasteiger partial charge in [0.05, 0.1) is 0 Å². The highest BCUT2D eigenvalue weighted by Gasteiger charge is 2.11. The first-order chi connectivity index (χ1) is 6.81. The van der Waals surface area contributed by atoms with Crippen LogP contribution in [0.15, 0.2) is 34.7 Å². The van der Waals surface area contributed by atoms with Crippen molar-refractivity contribution in [2.45, 2.75) is 13.0 Å². The van der Waals surface area contributed by atoms with Crippen molar-refractivity contribution in [1.82, 2.24) is 0 Å². The summed E-state index contributed by atoms with van der Waals surface area (Å²) in [6, 6.07) is 9.50. The molecule has 0 spiro atoms. The van der Waals surface area contributed by atoms with Gasteiger partial charge in [0.15, 0.2) is 6.10 Å². The fourth-order valence-electron chi connectivity index (χ4n) is 1.33. The van der Waals surface area contributed by atoms with Gasteiger partial charge in [0.25, 0.3) is 0 Å². The van der Waals surface area contributed by atoms with Gasteiger partial charge in [-0.15, -0.1) is 0 Å². The van der Waals surface area contributed by atoms with E-state index in [-0.39, 0.29) is 6.10 Å². The topological polar surface area (TPSA) is 39.4 Å². The number of hydrogen-bond acceptors (Lipinski definition) is 3. The summed E-state index contributed by atoms with van der Waals surface area (Å²) in [5, 5.41) is 1.00. The van der Waals surface area contributed by atoms with Gasteiger partial charge in [0.1, 0.15) is 11.3 Å². The molecule has 0 saturated heterocycles. The van der Waals surface area contributed by atoms with E-state index in [9.17, 15) is 4.79 Å². The minimum Gasteiger partial charge on any atom is -0.457 e. The molecule has 2 aromatic rings. The Bertz CT molecular complexity index is 411. The van der Waals surface area contributed by atoms with Gasteiger partial charge in [-0.1, -0.05) is 18.2 Å². The first kappa shape index (κ1) is 8.81. The van der Waals surface area contributed by atoms with Crippen LogP contribution in [0.3, 0.4) is 0 Å². The summed E-state index contributed by atoms with van der Waals surface area (Å²) < 4.78 is 10.1. The molecule has 0 aliphatic heterocycles. The molecule has 2 rings (SSSR count). The number of rotatable bonds is 3. The Morgan fingerprint density at radius 2 is 2.21 bits per heavy atom. The number of benzene rings is 1. The molecule has 1 heterocycles. The van der Waals surface area contributed by atoms with Crippen LogP contribution >= 0.6 is 0 Å². The molecule has 1 unspecified atom stereocenters. The van der Waals surface area contributed by atoms with Crippen LogP contribution in [0.25, 0.3) is 11.0 Å². The third kappa shape index (κ3) is 1.48. The maximum absolute atomic E-state index is 10.0. The molecule has 1 radical (unpaired) electrons. The summed E-state index contributed by atoms with van der Waals surface area (Å²) in [5.74, 6) is 0.634. The van der Waals surface area contributed by atoms with Gasteiger partial charge in [-0.25, -0.2) is 4.79 Å². The fourth-order valence-corrected chi connectivity index (χ4v) is 1.33. The van der Waals surface area contributed by atoms with E-state index in [4.69, 9.17) is 4.42 Å². The van der Waals surface area contributed by atoms with Crippen LogP contribution in [0.4, 0.5) is 0 Å². The van der Waals surface area contributed by atoms with Crippen molar-refractivity contribution in [3.05, 3.63) is 36.1 Å². The van der Waals surface area contributed by atoms with Crippen LogP contribution in [-0.4, -0.2) is 6.47 Å². The summed E-state index contributed by atoms with van der Waals surface area (Å²) in [4.78, 5) is 10.0. The van der Waals surface area contributed by atoms with E-state index in [0.717, 1.165) is 11.0 Å². The van der Waals surface area contributed by atoms with E-state index in [1.54, 1.807) is 6.92 Å². The molecule has 0 bridgehead atoms. The van der Waals surface area contributed by atoms with Crippen LogP contribution in [0.5, 0.6) is 0 Å². The molecule has 1 atom stereocenters. The molecule has 1 aromatic heterocycles. The SMILES string of the molecule is CC(O[C]=O)c1cc2ccccc2o1. The van der Waals surface area contributed by atoms with E-state index in [1.807, 2.05) is 30.3 Å².